The van der Waals surface area contributed by atoms with E-state index in [-0.39, 0.29) is 5.75 Å². The van der Waals surface area contributed by atoms with Gasteiger partial charge in [0.25, 0.3) is 0 Å². The van der Waals surface area contributed by atoms with E-state index in [0.717, 1.165) is 20.4 Å². The molecular formula is C16H17ClINO2. The van der Waals surface area contributed by atoms with Crippen LogP contribution in [0.15, 0.2) is 30.3 Å². The van der Waals surface area contributed by atoms with E-state index in [1.807, 2.05) is 44.2 Å². The van der Waals surface area contributed by atoms with Gasteiger partial charge in [-0.15, -0.1) is 0 Å². The number of anilines is 1. The maximum absolute atomic E-state index is 9.95. The summed E-state index contributed by atoms with van der Waals surface area (Å²) in [5.74, 6) is 0.712. The van der Waals surface area contributed by atoms with Crippen LogP contribution in [0.1, 0.15) is 18.1 Å². The minimum absolute atomic E-state index is 0.195. The van der Waals surface area contributed by atoms with Crippen molar-refractivity contribution in [2.45, 2.75) is 20.4 Å². The minimum atomic E-state index is 0.195. The summed E-state index contributed by atoms with van der Waals surface area (Å²) in [7, 11) is 0. The van der Waals surface area contributed by atoms with Crippen LogP contribution in [-0.4, -0.2) is 11.7 Å². The number of phenolic OH excluding ortho intramolecular Hbond substituents is 1. The van der Waals surface area contributed by atoms with Crippen LogP contribution in [0.25, 0.3) is 0 Å². The van der Waals surface area contributed by atoms with Crippen LogP contribution in [0, 0.1) is 10.5 Å². The van der Waals surface area contributed by atoms with Crippen molar-refractivity contribution in [3.05, 3.63) is 50.1 Å². The van der Waals surface area contributed by atoms with Crippen LogP contribution in [0.3, 0.4) is 0 Å². The Morgan fingerprint density at radius 3 is 2.76 bits per heavy atom. The zero-order valence-electron chi connectivity index (χ0n) is 11.9. The Hall–Kier alpha value is -1.14. The number of aromatic hydroxyl groups is 1. The SMILES string of the molecule is CCOc1cc(CNc2cc(Cl)ccc2C)cc(I)c1O. The van der Waals surface area contributed by atoms with Gasteiger partial charge < -0.3 is 15.2 Å². The fraction of sp³-hybridized carbons (Fsp3) is 0.250. The molecule has 112 valence electrons. The van der Waals surface area contributed by atoms with E-state index in [4.69, 9.17) is 16.3 Å². The molecule has 0 amide bonds. The molecular weight excluding hydrogens is 401 g/mol. The molecule has 0 aliphatic rings. The maximum atomic E-state index is 9.95. The molecule has 2 rings (SSSR count). The Kier molecular flexibility index (Phi) is 5.58. The van der Waals surface area contributed by atoms with E-state index in [0.29, 0.717) is 23.9 Å². The maximum Gasteiger partial charge on any atom is 0.171 e. The molecule has 3 nitrogen and oxygen atoms in total. The molecule has 0 fully saturated rings. The predicted molar refractivity (Wildman–Crippen MR) is 95.5 cm³/mol. The molecule has 2 N–H and O–H groups in total. The highest BCUT2D eigenvalue weighted by Crippen LogP contribution is 2.33. The zero-order valence-corrected chi connectivity index (χ0v) is 14.8. The summed E-state index contributed by atoms with van der Waals surface area (Å²) in [4.78, 5) is 0. The van der Waals surface area contributed by atoms with E-state index >= 15 is 0 Å². The summed E-state index contributed by atoms with van der Waals surface area (Å²) in [5.41, 5.74) is 3.18. The smallest absolute Gasteiger partial charge is 0.171 e. The molecule has 0 aromatic heterocycles. The van der Waals surface area contributed by atoms with E-state index in [9.17, 15) is 5.11 Å². The minimum Gasteiger partial charge on any atom is -0.504 e. The van der Waals surface area contributed by atoms with Gasteiger partial charge in [-0.1, -0.05) is 17.7 Å². The zero-order chi connectivity index (χ0) is 15.4. The third kappa shape index (κ3) is 4.17. The van der Waals surface area contributed by atoms with Crippen LogP contribution < -0.4 is 10.1 Å². The van der Waals surface area contributed by atoms with Gasteiger partial charge in [-0.2, -0.15) is 0 Å². The van der Waals surface area contributed by atoms with Gasteiger partial charge in [0, 0.05) is 17.3 Å². The molecule has 0 radical (unpaired) electrons. The van der Waals surface area contributed by atoms with Crippen LogP contribution in [0.5, 0.6) is 11.5 Å². The lowest BCUT2D eigenvalue weighted by Gasteiger charge is -2.13. The van der Waals surface area contributed by atoms with Gasteiger partial charge in [0.15, 0.2) is 11.5 Å². The molecule has 5 heteroatoms. The molecule has 0 atom stereocenters. The molecule has 0 saturated carbocycles. The van der Waals surface area contributed by atoms with E-state index < -0.39 is 0 Å². The van der Waals surface area contributed by atoms with Crippen LogP contribution in [0.4, 0.5) is 5.69 Å². The number of halogens is 2. The number of aryl methyl sites for hydroxylation is 1. The monoisotopic (exact) mass is 417 g/mol. The largest absolute Gasteiger partial charge is 0.504 e. The van der Waals surface area contributed by atoms with Crippen molar-refractivity contribution in [2.75, 3.05) is 11.9 Å². The lowest BCUT2D eigenvalue weighted by molar-refractivity contribution is 0.317. The standard InChI is InChI=1S/C16H17ClINO2/c1-3-21-15-7-11(6-13(18)16(15)20)9-19-14-8-12(17)5-4-10(14)2/h4-8,19-20H,3,9H2,1-2H3. The molecule has 0 bridgehead atoms. The second kappa shape index (κ2) is 7.22. The molecule has 0 spiro atoms. The first-order chi connectivity index (χ1) is 10.0. The molecule has 0 aliphatic carbocycles. The van der Waals surface area contributed by atoms with Crippen molar-refractivity contribution in [1.82, 2.24) is 0 Å². The predicted octanol–water partition coefficient (Wildman–Crippen LogP) is 4.97. The first-order valence-corrected chi connectivity index (χ1v) is 8.11. The second-order valence-electron chi connectivity index (χ2n) is 4.67. The molecule has 0 aliphatic heterocycles. The summed E-state index contributed by atoms with van der Waals surface area (Å²) in [5, 5.41) is 14.0. The summed E-state index contributed by atoms with van der Waals surface area (Å²) >= 11 is 8.12. The molecule has 21 heavy (non-hydrogen) atoms. The highest BCUT2D eigenvalue weighted by atomic mass is 127. The highest BCUT2D eigenvalue weighted by molar-refractivity contribution is 14.1. The van der Waals surface area contributed by atoms with Gasteiger partial charge >= 0.3 is 0 Å². The van der Waals surface area contributed by atoms with E-state index in [1.165, 1.54) is 0 Å². The number of ether oxygens (including phenoxy) is 1. The molecule has 2 aromatic carbocycles. The number of phenols is 1. The van der Waals surface area contributed by atoms with Crippen molar-refractivity contribution in [3.63, 3.8) is 0 Å². The highest BCUT2D eigenvalue weighted by Gasteiger charge is 2.09. The second-order valence-corrected chi connectivity index (χ2v) is 6.27. The fourth-order valence-corrected chi connectivity index (χ4v) is 2.81. The topological polar surface area (TPSA) is 41.5 Å². The number of benzene rings is 2. The third-order valence-corrected chi connectivity index (χ3v) is 4.13. The molecule has 0 saturated heterocycles. The summed E-state index contributed by atoms with van der Waals surface area (Å²) in [6.45, 7) is 5.09. The van der Waals surface area contributed by atoms with Crippen molar-refractivity contribution >= 4 is 39.9 Å². The number of rotatable bonds is 5. The fourth-order valence-electron chi connectivity index (χ4n) is 1.98. The van der Waals surface area contributed by atoms with Crippen LogP contribution >= 0.6 is 34.2 Å². The Bertz CT molecular complexity index is 646. The summed E-state index contributed by atoms with van der Waals surface area (Å²) in [6.07, 6.45) is 0. The Labute approximate surface area is 143 Å². The summed E-state index contributed by atoms with van der Waals surface area (Å²) in [6, 6.07) is 9.56. The normalized spacial score (nSPS) is 10.5. The Morgan fingerprint density at radius 1 is 1.29 bits per heavy atom. The Morgan fingerprint density at radius 2 is 2.05 bits per heavy atom. The summed E-state index contributed by atoms with van der Waals surface area (Å²) < 4.78 is 6.23. The van der Waals surface area contributed by atoms with Crippen molar-refractivity contribution in [1.29, 1.82) is 0 Å². The van der Waals surface area contributed by atoms with Gasteiger partial charge in [0.2, 0.25) is 0 Å². The van der Waals surface area contributed by atoms with E-state index in [2.05, 4.69) is 27.9 Å². The van der Waals surface area contributed by atoms with Crippen LogP contribution in [0.2, 0.25) is 5.02 Å². The number of hydrogen-bond donors (Lipinski definition) is 2. The lowest BCUT2D eigenvalue weighted by Crippen LogP contribution is -2.02. The van der Waals surface area contributed by atoms with Gasteiger partial charge in [-0.3, -0.25) is 0 Å². The van der Waals surface area contributed by atoms with Crippen molar-refractivity contribution < 1.29 is 9.84 Å². The van der Waals surface area contributed by atoms with E-state index in [1.54, 1.807) is 0 Å². The van der Waals surface area contributed by atoms with Crippen molar-refractivity contribution in [2.24, 2.45) is 0 Å². The van der Waals surface area contributed by atoms with Crippen LogP contribution in [-0.2, 0) is 6.54 Å². The van der Waals surface area contributed by atoms with Gasteiger partial charge in [-0.05, 0) is 71.8 Å². The first-order valence-electron chi connectivity index (χ1n) is 6.65. The van der Waals surface area contributed by atoms with Gasteiger partial charge in [0.1, 0.15) is 0 Å². The average Bonchev–Trinajstić information content (AvgIpc) is 2.45. The number of nitrogens with one attached hydrogen (secondary N) is 1. The first kappa shape index (κ1) is 16.2. The third-order valence-electron chi connectivity index (χ3n) is 3.07. The lowest BCUT2D eigenvalue weighted by atomic mass is 10.1. The molecule has 0 heterocycles. The van der Waals surface area contributed by atoms with Gasteiger partial charge in [0.05, 0.1) is 10.2 Å². The average molecular weight is 418 g/mol. The molecule has 0 unspecified atom stereocenters. The van der Waals surface area contributed by atoms with Crippen molar-refractivity contribution in [3.8, 4) is 11.5 Å². The molecule has 2 aromatic rings. The number of hydrogen-bond acceptors (Lipinski definition) is 3. The quantitative estimate of drug-likeness (QED) is 0.675. The van der Waals surface area contributed by atoms with Gasteiger partial charge in [-0.25, -0.2) is 0 Å². The Balaban J connectivity index is 2.18.